The third-order valence-corrected chi connectivity index (χ3v) is 1.96. The van der Waals surface area contributed by atoms with Crippen LogP contribution in [0, 0.1) is 12.7 Å². The van der Waals surface area contributed by atoms with Gasteiger partial charge >= 0.3 is 0 Å². The van der Waals surface area contributed by atoms with Crippen molar-refractivity contribution in [3.8, 4) is 5.75 Å². The summed E-state index contributed by atoms with van der Waals surface area (Å²) in [5, 5.41) is 9.35. The third-order valence-electron chi connectivity index (χ3n) is 1.96. The average Bonchev–Trinajstić information content (AvgIpc) is 2.08. The number of aliphatic hydroxyl groups excluding tert-OH is 1. The normalized spacial score (nSPS) is 12.7. The highest BCUT2D eigenvalue weighted by atomic mass is 19.1. The van der Waals surface area contributed by atoms with Gasteiger partial charge in [-0.2, -0.15) is 0 Å². The number of hydrogen-bond donors (Lipinski definition) is 1. The Balaban J connectivity index is 3.25. The summed E-state index contributed by atoms with van der Waals surface area (Å²) in [7, 11) is 1.45. The molecule has 0 amide bonds. The molecule has 0 aliphatic carbocycles. The van der Waals surface area contributed by atoms with Gasteiger partial charge in [0.15, 0.2) is 0 Å². The van der Waals surface area contributed by atoms with E-state index in [9.17, 15) is 9.50 Å². The lowest BCUT2D eigenvalue weighted by Gasteiger charge is -2.12. The van der Waals surface area contributed by atoms with Crippen LogP contribution in [0.2, 0.25) is 0 Å². The molecule has 0 aliphatic rings. The molecule has 0 saturated carbocycles. The minimum Gasteiger partial charge on any atom is -0.496 e. The van der Waals surface area contributed by atoms with Crippen LogP contribution < -0.4 is 4.74 Å². The molecule has 1 atom stereocenters. The zero-order valence-electron chi connectivity index (χ0n) is 7.97. The molecule has 0 heterocycles. The van der Waals surface area contributed by atoms with Gasteiger partial charge < -0.3 is 9.84 Å². The quantitative estimate of drug-likeness (QED) is 0.763. The molecule has 1 N–H and O–H groups in total. The van der Waals surface area contributed by atoms with Crippen LogP contribution in [0.4, 0.5) is 4.39 Å². The van der Waals surface area contributed by atoms with Crippen molar-refractivity contribution in [1.82, 2.24) is 0 Å². The van der Waals surface area contributed by atoms with Gasteiger partial charge in [0.25, 0.3) is 0 Å². The Bertz CT molecular complexity index is 308. The largest absolute Gasteiger partial charge is 0.496 e. The monoisotopic (exact) mass is 184 g/mol. The first-order valence-electron chi connectivity index (χ1n) is 4.08. The van der Waals surface area contributed by atoms with E-state index in [1.165, 1.54) is 13.2 Å². The van der Waals surface area contributed by atoms with Crippen molar-refractivity contribution in [2.45, 2.75) is 20.0 Å². The standard InChI is InChI=1S/C10H13FO2/c1-6-4-8(7(2)12)10(13-3)5-9(6)11/h4-5,7,12H,1-3H3. The number of aliphatic hydroxyl groups is 1. The van der Waals surface area contributed by atoms with Crippen LogP contribution in [0.15, 0.2) is 12.1 Å². The number of aryl methyl sites for hydroxylation is 1. The number of ether oxygens (including phenoxy) is 1. The molecule has 0 aliphatic heterocycles. The van der Waals surface area contributed by atoms with Crippen molar-refractivity contribution < 1.29 is 14.2 Å². The highest BCUT2D eigenvalue weighted by molar-refractivity contribution is 5.39. The molecule has 0 aromatic heterocycles. The van der Waals surface area contributed by atoms with Crippen molar-refractivity contribution in [3.05, 3.63) is 29.1 Å². The fourth-order valence-electron chi connectivity index (χ4n) is 1.19. The smallest absolute Gasteiger partial charge is 0.129 e. The van der Waals surface area contributed by atoms with E-state index in [1.54, 1.807) is 19.9 Å². The minimum absolute atomic E-state index is 0.318. The van der Waals surface area contributed by atoms with Gasteiger partial charge in [0.1, 0.15) is 11.6 Å². The Morgan fingerprint density at radius 2 is 2.08 bits per heavy atom. The minimum atomic E-state index is -0.644. The second kappa shape index (κ2) is 3.75. The molecule has 2 nitrogen and oxygen atoms in total. The Hall–Kier alpha value is -1.09. The average molecular weight is 184 g/mol. The summed E-state index contributed by atoms with van der Waals surface area (Å²) in [6.07, 6.45) is -0.644. The Kier molecular flexibility index (Phi) is 2.88. The molecule has 1 unspecified atom stereocenters. The maximum absolute atomic E-state index is 13.0. The van der Waals surface area contributed by atoms with Crippen molar-refractivity contribution >= 4 is 0 Å². The maximum Gasteiger partial charge on any atom is 0.129 e. The van der Waals surface area contributed by atoms with Crippen molar-refractivity contribution in [2.75, 3.05) is 7.11 Å². The van der Waals surface area contributed by atoms with Crippen molar-refractivity contribution in [3.63, 3.8) is 0 Å². The number of methoxy groups -OCH3 is 1. The summed E-state index contributed by atoms with van der Waals surface area (Å²) in [5.41, 5.74) is 1.12. The van der Waals surface area contributed by atoms with E-state index in [0.29, 0.717) is 16.9 Å². The summed E-state index contributed by atoms with van der Waals surface area (Å²) in [6, 6.07) is 2.89. The molecule has 1 aromatic rings. The van der Waals surface area contributed by atoms with Gasteiger partial charge in [0.05, 0.1) is 13.2 Å². The van der Waals surface area contributed by atoms with Crippen LogP contribution in [-0.2, 0) is 0 Å². The molecular weight excluding hydrogens is 171 g/mol. The lowest BCUT2D eigenvalue weighted by Crippen LogP contribution is -1.98. The fourth-order valence-corrected chi connectivity index (χ4v) is 1.19. The van der Waals surface area contributed by atoms with Gasteiger partial charge in [-0.1, -0.05) is 0 Å². The van der Waals surface area contributed by atoms with Crippen LogP contribution in [0.25, 0.3) is 0 Å². The number of halogens is 1. The van der Waals surface area contributed by atoms with Gasteiger partial charge in [-0.25, -0.2) is 4.39 Å². The lowest BCUT2D eigenvalue weighted by molar-refractivity contribution is 0.194. The second-order valence-corrected chi connectivity index (χ2v) is 3.02. The van der Waals surface area contributed by atoms with E-state index in [4.69, 9.17) is 4.74 Å². The summed E-state index contributed by atoms with van der Waals surface area (Å²) in [4.78, 5) is 0. The molecule has 0 bridgehead atoms. The van der Waals surface area contributed by atoms with Crippen LogP contribution in [0.1, 0.15) is 24.2 Å². The van der Waals surface area contributed by atoms with E-state index in [2.05, 4.69) is 0 Å². The van der Waals surface area contributed by atoms with Gasteiger partial charge in [0, 0.05) is 11.6 Å². The fraction of sp³-hybridized carbons (Fsp3) is 0.400. The van der Waals surface area contributed by atoms with E-state index < -0.39 is 6.10 Å². The van der Waals surface area contributed by atoms with Crippen LogP contribution in [-0.4, -0.2) is 12.2 Å². The molecule has 72 valence electrons. The summed E-state index contributed by atoms with van der Waals surface area (Å²) >= 11 is 0. The lowest BCUT2D eigenvalue weighted by atomic mass is 10.1. The van der Waals surface area contributed by atoms with Crippen LogP contribution >= 0.6 is 0 Å². The van der Waals surface area contributed by atoms with Crippen LogP contribution in [0.5, 0.6) is 5.75 Å². The zero-order chi connectivity index (χ0) is 10.0. The first-order chi connectivity index (χ1) is 6.06. The second-order valence-electron chi connectivity index (χ2n) is 3.02. The van der Waals surface area contributed by atoms with E-state index in [0.717, 1.165) is 0 Å². The predicted octanol–water partition coefficient (Wildman–Crippen LogP) is 2.20. The third kappa shape index (κ3) is 1.98. The van der Waals surface area contributed by atoms with Gasteiger partial charge in [-0.15, -0.1) is 0 Å². The number of benzene rings is 1. The summed E-state index contributed by atoms with van der Waals surface area (Å²) < 4.78 is 18.0. The first kappa shape index (κ1) is 9.99. The molecule has 0 spiro atoms. The first-order valence-corrected chi connectivity index (χ1v) is 4.08. The molecule has 13 heavy (non-hydrogen) atoms. The van der Waals surface area contributed by atoms with E-state index in [1.807, 2.05) is 0 Å². The van der Waals surface area contributed by atoms with Crippen molar-refractivity contribution in [1.29, 1.82) is 0 Å². The highest BCUT2D eigenvalue weighted by Gasteiger charge is 2.11. The number of rotatable bonds is 2. The topological polar surface area (TPSA) is 29.5 Å². The van der Waals surface area contributed by atoms with Crippen LogP contribution in [0.3, 0.4) is 0 Å². The van der Waals surface area contributed by atoms with Crippen molar-refractivity contribution in [2.24, 2.45) is 0 Å². The molecule has 0 fully saturated rings. The molecule has 1 rings (SSSR count). The molecule has 3 heteroatoms. The number of hydrogen-bond acceptors (Lipinski definition) is 2. The van der Waals surface area contributed by atoms with Gasteiger partial charge in [-0.3, -0.25) is 0 Å². The molecule has 1 aromatic carbocycles. The van der Waals surface area contributed by atoms with E-state index >= 15 is 0 Å². The summed E-state index contributed by atoms with van der Waals surface area (Å²) in [6.45, 7) is 3.27. The SMILES string of the molecule is COc1cc(F)c(C)cc1C(C)O. The Morgan fingerprint density at radius 3 is 2.54 bits per heavy atom. The Morgan fingerprint density at radius 1 is 1.46 bits per heavy atom. The van der Waals surface area contributed by atoms with Gasteiger partial charge in [0.2, 0.25) is 0 Å². The summed E-state index contributed by atoms with van der Waals surface area (Å²) in [5.74, 6) is 0.0688. The maximum atomic E-state index is 13.0. The highest BCUT2D eigenvalue weighted by Crippen LogP contribution is 2.27. The predicted molar refractivity (Wildman–Crippen MR) is 48.3 cm³/mol. The molecular formula is C10H13FO2. The zero-order valence-corrected chi connectivity index (χ0v) is 7.97. The molecule has 0 radical (unpaired) electrons. The molecule has 0 saturated heterocycles. The Labute approximate surface area is 77.0 Å². The van der Waals surface area contributed by atoms with E-state index in [-0.39, 0.29) is 5.82 Å². The van der Waals surface area contributed by atoms with Gasteiger partial charge in [-0.05, 0) is 25.5 Å².